The van der Waals surface area contributed by atoms with Gasteiger partial charge in [-0.3, -0.25) is 4.79 Å². The van der Waals surface area contributed by atoms with Crippen LogP contribution in [0, 0.1) is 6.92 Å². The monoisotopic (exact) mass is 291 g/mol. The van der Waals surface area contributed by atoms with E-state index in [9.17, 15) is 14.7 Å². The minimum absolute atomic E-state index is 0.0921. The summed E-state index contributed by atoms with van der Waals surface area (Å²) in [4.78, 5) is 25.8. The van der Waals surface area contributed by atoms with E-state index in [0.717, 1.165) is 19.3 Å². The normalized spacial score (nSPS) is 18.4. The molecule has 5 heteroatoms. The van der Waals surface area contributed by atoms with Gasteiger partial charge >= 0.3 is 5.97 Å². The lowest BCUT2D eigenvalue weighted by Gasteiger charge is -2.33. The van der Waals surface area contributed by atoms with Gasteiger partial charge in [0.25, 0.3) is 5.91 Å². The molecule has 1 aliphatic heterocycles. The van der Waals surface area contributed by atoms with Crippen molar-refractivity contribution in [3.05, 3.63) is 29.3 Å². The number of benzene rings is 1. The van der Waals surface area contributed by atoms with Crippen LogP contribution in [0.15, 0.2) is 18.2 Å². The zero-order valence-corrected chi connectivity index (χ0v) is 12.5. The zero-order valence-electron chi connectivity index (χ0n) is 12.5. The van der Waals surface area contributed by atoms with Gasteiger partial charge in [-0.1, -0.05) is 12.1 Å². The average molecular weight is 291 g/mol. The molecule has 21 heavy (non-hydrogen) atoms. The van der Waals surface area contributed by atoms with Crippen molar-refractivity contribution in [2.75, 3.05) is 13.2 Å². The molecule has 1 amide bonds. The molecule has 5 nitrogen and oxygen atoms in total. The second-order valence-corrected chi connectivity index (χ2v) is 5.48. The first-order valence-electron chi connectivity index (χ1n) is 7.26. The number of ether oxygens (including phenoxy) is 1. The van der Waals surface area contributed by atoms with E-state index in [1.54, 1.807) is 24.0 Å². The second-order valence-electron chi connectivity index (χ2n) is 5.48. The van der Waals surface area contributed by atoms with Gasteiger partial charge in [0.2, 0.25) is 0 Å². The van der Waals surface area contributed by atoms with Gasteiger partial charge in [-0.25, -0.2) is 4.79 Å². The number of hydrogen-bond acceptors (Lipinski definition) is 4. The van der Waals surface area contributed by atoms with E-state index in [2.05, 4.69) is 0 Å². The number of aryl methyl sites for hydroxylation is 1. The molecule has 1 N–H and O–H groups in total. The molecule has 1 saturated heterocycles. The van der Waals surface area contributed by atoms with Gasteiger partial charge in [0.1, 0.15) is 11.3 Å². The fourth-order valence-electron chi connectivity index (χ4n) is 2.58. The summed E-state index contributed by atoms with van der Waals surface area (Å²) in [6.07, 6.45) is 3.10. The quantitative estimate of drug-likeness (QED) is 0.867. The molecule has 1 fully saturated rings. The number of amides is 1. The van der Waals surface area contributed by atoms with Gasteiger partial charge in [0, 0.05) is 12.6 Å². The number of esters is 1. The minimum atomic E-state index is -0.672. The van der Waals surface area contributed by atoms with Crippen molar-refractivity contribution in [1.82, 2.24) is 4.90 Å². The molecule has 1 atom stereocenters. The van der Waals surface area contributed by atoms with Gasteiger partial charge in [-0.2, -0.15) is 0 Å². The van der Waals surface area contributed by atoms with Crippen molar-refractivity contribution in [2.45, 2.75) is 39.2 Å². The molecule has 2 rings (SSSR count). The van der Waals surface area contributed by atoms with Gasteiger partial charge in [0.05, 0.1) is 0 Å². The zero-order chi connectivity index (χ0) is 15.4. The summed E-state index contributed by atoms with van der Waals surface area (Å²) < 4.78 is 5.04. The smallest absolute Gasteiger partial charge is 0.342 e. The Morgan fingerprint density at radius 3 is 2.86 bits per heavy atom. The molecule has 0 spiro atoms. The van der Waals surface area contributed by atoms with Crippen molar-refractivity contribution in [3.63, 3.8) is 0 Å². The van der Waals surface area contributed by atoms with Gasteiger partial charge < -0.3 is 14.7 Å². The lowest BCUT2D eigenvalue weighted by molar-refractivity contribution is -0.137. The van der Waals surface area contributed by atoms with Crippen LogP contribution in [0.2, 0.25) is 0 Å². The van der Waals surface area contributed by atoms with E-state index in [0.29, 0.717) is 12.1 Å². The third-order valence-electron chi connectivity index (χ3n) is 3.91. The van der Waals surface area contributed by atoms with Crippen molar-refractivity contribution in [2.24, 2.45) is 0 Å². The number of phenolic OH excluding ortho intramolecular Hbond substituents is 1. The molecular weight excluding hydrogens is 270 g/mol. The maximum Gasteiger partial charge on any atom is 0.342 e. The number of carbonyl (C=O) groups is 2. The van der Waals surface area contributed by atoms with Gasteiger partial charge in [-0.15, -0.1) is 0 Å². The third-order valence-corrected chi connectivity index (χ3v) is 3.91. The molecule has 0 aliphatic carbocycles. The van der Waals surface area contributed by atoms with E-state index >= 15 is 0 Å². The summed E-state index contributed by atoms with van der Waals surface area (Å²) in [6, 6.07) is 5.04. The molecule has 0 unspecified atom stereocenters. The summed E-state index contributed by atoms with van der Waals surface area (Å²) in [5, 5.41) is 9.83. The molecule has 1 heterocycles. The van der Waals surface area contributed by atoms with E-state index in [-0.39, 0.29) is 29.9 Å². The fraction of sp³-hybridized carbons (Fsp3) is 0.500. The Labute approximate surface area is 124 Å². The standard InChI is InChI=1S/C16H21NO4/c1-11-6-5-8-13(15(11)19)16(20)21-10-14(18)17-9-4-3-7-12(17)2/h5-6,8,12,19H,3-4,7,9-10H2,1-2H3/t12-/m0/s1. The highest BCUT2D eigenvalue weighted by Gasteiger charge is 2.24. The van der Waals surface area contributed by atoms with Gasteiger partial charge in [0.15, 0.2) is 6.61 Å². The number of nitrogens with zero attached hydrogens (tertiary/aromatic N) is 1. The SMILES string of the molecule is Cc1cccc(C(=O)OCC(=O)N2CCCC[C@@H]2C)c1O. The first-order valence-corrected chi connectivity index (χ1v) is 7.26. The number of hydrogen-bond donors (Lipinski definition) is 1. The van der Waals surface area contributed by atoms with Crippen LogP contribution in [-0.4, -0.2) is 41.1 Å². The lowest BCUT2D eigenvalue weighted by atomic mass is 10.0. The fourth-order valence-corrected chi connectivity index (χ4v) is 2.58. The number of carbonyl (C=O) groups excluding carboxylic acids is 2. The van der Waals surface area contributed by atoms with E-state index < -0.39 is 5.97 Å². The Balaban J connectivity index is 1.94. The van der Waals surface area contributed by atoms with E-state index in [1.165, 1.54) is 6.07 Å². The number of para-hydroxylation sites is 1. The predicted octanol–water partition coefficient (Wildman–Crippen LogP) is 2.26. The molecule has 0 saturated carbocycles. The van der Waals surface area contributed by atoms with Crippen LogP contribution in [-0.2, 0) is 9.53 Å². The number of likely N-dealkylation sites (tertiary alicyclic amines) is 1. The van der Waals surface area contributed by atoms with Crippen LogP contribution in [0.4, 0.5) is 0 Å². The van der Waals surface area contributed by atoms with Crippen molar-refractivity contribution in [1.29, 1.82) is 0 Å². The molecule has 0 radical (unpaired) electrons. The summed E-state index contributed by atoms with van der Waals surface area (Å²) >= 11 is 0. The van der Waals surface area contributed by atoms with E-state index in [1.807, 2.05) is 6.92 Å². The topological polar surface area (TPSA) is 66.8 Å². The minimum Gasteiger partial charge on any atom is -0.507 e. The Kier molecular flexibility index (Phi) is 4.83. The predicted molar refractivity (Wildman–Crippen MR) is 78.2 cm³/mol. The lowest BCUT2D eigenvalue weighted by Crippen LogP contribution is -2.44. The average Bonchev–Trinajstić information content (AvgIpc) is 2.47. The highest BCUT2D eigenvalue weighted by atomic mass is 16.5. The number of aromatic hydroxyl groups is 1. The Morgan fingerprint density at radius 1 is 1.38 bits per heavy atom. The molecule has 1 aliphatic rings. The third kappa shape index (κ3) is 3.54. The van der Waals surface area contributed by atoms with Crippen molar-refractivity contribution in [3.8, 4) is 5.75 Å². The first kappa shape index (κ1) is 15.4. The van der Waals surface area contributed by atoms with Crippen molar-refractivity contribution >= 4 is 11.9 Å². The van der Waals surface area contributed by atoms with Gasteiger partial charge in [-0.05, 0) is 44.7 Å². The molecule has 1 aromatic carbocycles. The summed E-state index contributed by atoms with van der Waals surface area (Å²) in [7, 11) is 0. The van der Waals surface area contributed by atoms with Crippen LogP contribution in [0.3, 0.4) is 0 Å². The van der Waals surface area contributed by atoms with Crippen LogP contribution >= 0.6 is 0 Å². The maximum absolute atomic E-state index is 12.1. The highest BCUT2D eigenvalue weighted by Crippen LogP contribution is 2.22. The summed E-state index contributed by atoms with van der Waals surface area (Å²) in [5.41, 5.74) is 0.690. The van der Waals surface area contributed by atoms with E-state index in [4.69, 9.17) is 4.74 Å². The second kappa shape index (κ2) is 6.61. The molecule has 114 valence electrons. The van der Waals surface area contributed by atoms with Crippen LogP contribution in [0.25, 0.3) is 0 Å². The number of piperidine rings is 1. The van der Waals surface area contributed by atoms with Crippen molar-refractivity contribution < 1.29 is 19.4 Å². The highest BCUT2D eigenvalue weighted by molar-refractivity contribution is 5.94. The molecule has 0 aromatic heterocycles. The number of phenols is 1. The summed E-state index contributed by atoms with van der Waals surface area (Å²) in [5.74, 6) is -0.946. The summed E-state index contributed by atoms with van der Waals surface area (Å²) in [6.45, 7) is 4.14. The molecule has 1 aromatic rings. The largest absolute Gasteiger partial charge is 0.507 e. The van der Waals surface area contributed by atoms with Crippen LogP contribution in [0.1, 0.15) is 42.1 Å². The first-order chi connectivity index (χ1) is 10.0. The van der Waals surface area contributed by atoms with Crippen LogP contribution in [0.5, 0.6) is 5.75 Å². The maximum atomic E-state index is 12.1. The number of rotatable bonds is 3. The Hall–Kier alpha value is -2.04. The van der Waals surface area contributed by atoms with Crippen LogP contribution < -0.4 is 0 Å². The Bertz CT molecular complexity index is 541. The molecular formula is C16H21NO4. The Morgan fingerprint density at radius 2 is 2.14 bits per heavy atom. The molecule has 0 bridgehead atoms.